The monoisotopic (exact) mass is 492 g/mol. The molecule has 36 heavy (non-hydrogen) atoms. The normalized spacial score (nSPS) is 18.5. The molecule has 188 valence electrons. The fraction of sp³-hybridized carbons (Fsp3) is 0.444. The number of carbonyl (C=O) groups is 2. The molecule has 0 spiro atoms. The zero-order valence-electron chi connectivity index (χ0n) is 21.0. The van der Waals surface area contributed by atoms with Gasteiger partial charge in [0.25, 0.3) is 5.91 Å². The van der Waals surface area contributed by atoms with Crippen molar-refractivity contribution in [2.24, 2.45) is 5.73 Å². The van der Waals surface area contributed by atoms with Crippen molar-refractivity contribution in [2.45, 2.75) is 64.2 Å². The number of nitrogens with zero attached hydrogens (tertiary/aromatic N) is 3. The highest BCUT2D eigenvalue weighted by molar-refractivity contribution is 5.95. The molecule has 1 aromatic heterocycles. The van der Waals surface area contributed by atoms with Crippen LogP contribution in [0.4, 0.5) is 9.18 Å². The molecule has 1 unspecified atom stereocenters. The van der Waals surface area contributed by atoms with Crippen molar-refractivity contribution in [1.82, 2.24) is 14.5 Å². The maximum Gasteiger partial charge on any atom is 0.410 e. The summed E-state index contributed by atoms with van der Waals surface area (Å²) in [6.45, 7) is 9.24. The van der Waals surface area contributed by atoms with Crippen LogP contribution in [-0.2, 0) is 4.74 Å². The Labute approximate surface area is 208 Å². The predicted octanol–water partition coefficient (Wildman–Crippen LogP) is 3.59. The summed E-state index contributed by atoms with van der Waals surface area (Å²) in [7, 11) is 0. The van der Waals surface area contributed by atoms with Crippen LogP contribution >= 0.6 is 0 Å². The second-order valence-corrected chi connectivity index (χ2v) is 11.1. The Morgan fingerprint density at radius 3 is 2.44 bits per heavy atom. The number of hydrogen-bond acceptors (Lipinski definition) is 5. The number of hydrogen-bond donors (Lipinski definition) is 2. The van der Waals surface area contributed by atoms with Gasteiger partial charge in [0.1, 0.15) is 28.5 Å². The van der Waals surface area contributed by atoms with Gasteiger partial charge in [0, 0.05) is 24.6 Å². The van der Waals surface area contributed by atoms with Gasteiger partial charge in [0.15, 0.2) is 0 Å². The lowest BCUT2D eigenvalue weighted by molar-refractivity contribution is 0.00751. The van der Waals surface area contributed by atoms with Crippen LogP contribution in [-0.4, -0.2) is 55.8 Å². The predicted molar refractivity (Wildman–Crippen MR) is 131 cm³/mol. The first kappa shape index (κ1) is 24.1. The Kier molecular flexibility index (Phi) is 5.31. The Hall–Kier alpha value is -3.64. The van der Waals surface area contributed by atoms with Crippen LogP contribution in [0.5, 0.6) is 0 Å². The molecule has 1 saturated heterocycles. The molecular formula is C27H29FN4O4. The van der Waals surface area contributed by atoms with E-state index >= 15 is 0 Å². The Balaban J connectivity index is 1.57. The summed E-state index contributed by atoms with van der Waals surface area (Å²) >= 11 is 0. The van der Waals surface area contributed by atoms with Gasteiger partial charge < -0.3 is 25.0 Å². The van der Waals surface area contributed by atoms with Crippen LogP contribution in [0.3, 0.4) is 0 Å². The number of halogens is 1. The summed E-state index contributed by atoms with van der Waals surface area (Å²) in [5.74, 6) is 4.61. The lowest BCUT2D eigenvalue weighted by Gasteiger charge is -2.41. The fourth-order valence-electron chi connectivity index (χ4n) is 4.80. The number of carbonyl (C=O) groups excluding carboxylic acids is 2. The van der Waals surface area contributed by atoms with E-state index in [2.05, 4.69) is 16.8 Å². The first-order valence-electron chi connectivity index (χ1n) is 11.9. The van der Waals surface area contributed by atoms with E-state index in [1.165, 1.54) is 19.9 Å². The van der Waals surface area contributed by atoms with Gasteiger partial charge in [0.05, 0.1) is 17.3 Å². The van der Waals surface area contributed by atoms with Gasteiger partial charge in [-0.25, -0.2) is 14.2 Å². The van der Waals surface area contributed by atoms with E-state index in [0.29, 0.717) is 42.2 Å². The standard InChI is InChI=1S/C27H29FN4O4/c1-26(2,3)36-25(34)31-12-16(13-31)22-21(23(29)33)30-24-19-10-14(6-7-27(4,5)35)20(28)11-18(19)15-8-17(9-15)32(22)24/h8,10-11,16-17,35H,9,12-13H2,1-5H3,(H2,29,33). The average Bonchev–Trinajstić information content (AvgIpc) is 2.91. The third-order valence-electron chi connectivity index (χ3n) is 6.45. The second kappa shape index (κ2) is 7.93. The van der Waals surface area contributed by atoms with Crippen LogP contribution in [0.1, 0.15) is 80.3 Å². The summed E-state index contributed by atoms with van der Waals surface area (Å²) in [5, 5.41) is 9.97. The number of allylic oxidation sites excluding steroid dienone is 2. The maximum atomic E-state index is 14.9. The fourth-order valence-corrected chi connectivity index (χ4v) is 4.80. The van der Waals surface area contributed by atoms with E-state index in [-0.39, 0.29) is 23.2 Å². The Morgan fingerprint density at radius 1 is 1.19 bits per heavy atom. The van der Waals surface area contributed by atoms with E-state index in [9.17, 15) is 19.1 Å². The summed E-state index contributed by atoms with van der Waals surface area (Å²) in [5.41, 5.74) is 7.18. The molecule has 4 heterocycles. The SMILES string of the molecule is CC(C)(O)C#Cc1cc2c(cc1F)C1=CC(C1)n1c-2nc(C(N)=O)c1C1CN(C(=O)OC(C)(C)C)C1. The number of primary amides is 1. The Morgan fingerprint density at radius 2 is 1.86 bits per heavy atom. The number of aromatic nitrogens is 2. The van der Waals surface area contributed by atoms with E-state index in [0.717, 1.165) is 5.57 Å². The summed E-state index contributed by atoms with van der Waals surface area (Å²) in [6, 6.07) is 3.00. The van der Waals surface area contributed by atoms with Crippen molar-refractivity contribution < 1.29 is 23.8 Å². The minimum absolute atomic E-state index is 0.0532. The van der Waals surface area contributed by atoms with Crippen LogP contribution in [0.2, 0.25) is 0 Å². The lowest BCUT2D eigenvalue weighted by Crippen LogP contribution is -2.51. The Bertz CT molecular complexity index is 1390. The number of likely N-dealkylation sites (tertiary alicyclic amines) is 1. The summed E-state index contributed by atoms with van der Waals surface area (Å²) < 4.78 is 22.4. The molecule has 1 fully saturated rings. The first-order valence-corrected chi connectivity index (χ1v) is 11.9. The number of amides is 2. The van der Waals surface area contributed by atoms with Gasteiger partial charge in [-0.15, -0.1) is 0 Å². The zero-order valence-corrected chi connectivity index (χ0v) is 21.0. The van der Waals surface area contributed by atoms with Crippen LogP contribution in [0, 0.1) is 17.7 Å². The number of nitrogens with two attached hydrogens (primary N) is 1. The maximum absolute atomic E-state index is 14.9. The third-order valence-corrected chi connectivity index (χ3v) is 6.45. The number of rotatable bonds is 2. The van der Waals surface area contributed by atoms with Gasteiger partial charge in [-0.3, -0.25) is 4.79 Å². The quantitative estimate of drug-likeness (QED) is 0.623. The van der Waals surface area contributed by atoms with Gasteiger partial charge in [-0.05, 0) is 64.3 Å². The third kappa shape index (κ3) is 4.16. The van der Waals surface area contributed by atoms with Crippen LogP contribution < -0.4 is 5.73 Å². The highest BCUT2D eigenvalue weighted by atomic mass is 19.1. The van der Waals surface area contributed by atoms with E-state index < -0.39 is 29.0 Å². The molecule has 3 N–H and O–H groups in total. The highest BCUT2D eigenvalue weighted by Crippen LogP contribution is 2.50. The van der Waals surface area contributed by atoms with Gasteiger partial charge in [-0.1, -0.05) is 17.9 Å². The number of ether oxygens (including phenoxy) is 1. The van der Waals surface area contributed by atoms with Crippen molar-refractivity contribution in [3.8, 4) is 23.2 Å². The zero-order chi connectivity index (χ0) is 26.2. The number of aliphatic hydroxyl groups is 1. The molecule has 1 aromatic carbocycles. The molecule has 6 rings (SSSR count). The van der Waals surface area contributed by atoms with E-state index in [1.54, 1.807) is 11.0 Å². The van der Waals surface area contributed by atoms with Gasteiger partial charge >= 0.3 is 6.09 Å². The van der Waals surface area contributed by atoms with Crippen molar-refractivity contribution >= 4 is 17.6 Å². The second-order valence-electron chi connectivity index (χ2n) is 11.1. The molecule has 0 saturated carbocycles. The van der Waals surface area contributed by atoms with E-state index in [4.69, 9.17) is 10.5 Å². The number of imidazole rings is 1. The van der Waals surface area contributed by atoms with Crippen LogP contribution in [0.25, 0.3) is 17.0 Å². The molecular weight excluding hydrogens is 463 g/mol. The minimum Gasteiger partial charge on any atom is -0.444 e. The highest BCUT2D eigenvalue weighted by Gasteiger charge is 2.43. The smallest absolute Gasteiger partial charge is 0.410 e. The lowest BCUT2D eigenvalue weighted by atomic mass is 9.85. The largest absolute Gasteiger partial charge is 0.444 e. The van der Waals surface area contributed by atoms with Crippen molar-refractivity contribution in [2.75, 3.05) is 13.1 Å². The molecule has 1 atom stereocenters. The van der Waals surface area contributed by atoms with Crippen molar-refractivity contribution in [3.05, 3.63) is 46.5 Å². The first-order chi connectivity index (χ1) is 16.7. The molecule has 2 amide bonds. The molecule has 8 nitrogen and oxygen atoms in total. The van der Waals surface area contributed by atoms with Crippen molar-refractivity contribution in [1.29, 1.82) is 0 Å². The molecule has 0 radical (unpaired) electrons. The van der Waals surface area contributed by atoms with E-state index in [1.807, 2.05) is 31.4 Å². The molecule has 3 aliphatic heterocycles. The summed E-state index contributed by atoms with van der Waals surface area (Å²) in [4.78, 5) is 31.2. The van der Waals surface area contributed by atoms with Crippen LogP contribution in [0.15, 0.2) is 18.2 Å². The van der Waals surface area contributed by atoms with Gasteiger partial charge in [-0.2, -0.15) is 0 Å². The molecule has 2 bridgehead atoms. The average molecular weight is 493 g/mol. The molecule has 2 aromatic rings. The summed E-state index contributed by atoms with van der Waals surface area (Å²) in [6.07, 6.45) is 2.30. The molecule has 9 heteroatoms. The topological polar surface area (TPSA) is 111 Å². The molecule has 4 aliphatic rings. The van der Waals surface area contributed by atoms with Crippen molar-refractivity contribution in [3.63, 3.8) is 0 Å². The number of benzene rings is 1. The van der Waals surface area contributed by atoms with Gasteiger partial charge in [0.2, 0.25) is 0 Å². The minimum atomic E-state index is -1.28. The molecule has 1 aliphatic carbocycles.